The predicted molar refractivity (Wildman–Crippen MR) is 90.8 cm³/mol. The van der Waals surface area contributed by atoms with Gasteiger partial charge in [-0.05, 0) is 61.5 Å². The van der Waals surface area contributed by atoms with Crippen LogP contribution in [0.4, 0.5) is 5.69 Å². The summed E-state index contributed by atoms with van der Waals surface area (Å²) in [6.45, 7) is 0. The molecule has 0 bridgehead atoms. The molecule has 1 aromatic carbocycles. The second-order valence-corrected chi connectivity index (χ2v) is 8.79. The van der Waals surface area contributed by atoms with Gasteiger partial charge in [0.15, 0.2) is 0 Å². The van der Waals surface area contributed by atoms with Crippen LogP contribution in [0.1, 0.15) is 28.5 Å². The maximum Gasteiger partial charge on any atom is 0.224 e. The van der Waals surface area contributed by atoms with Gasteiger partial charge < -0.3 is 5.32 Å². The fourth-order valence-corrected chi connectivity index (χ4v) is 5.67. The minimum Gasteiger partial charge on any atom is -0.326 e. The highest BCUT2D eigenvalue weighted by Gasteiger charge is 2.20. The van der Waals surface area contributed by atoms with E-state index in [9.17, 15) is 4.79 Å². The fraction of sp³-hybridized carbons (Fsp3) is 0.214. The highest BCUT2D eigenvalue weighted by atomic mass is 79.9. The van der Waals surface area contributed by atoms with Crippen LogP contribution in [0.5, 0.6) is 0 Å². The second-order valence-electron chi connectivity index (χ2n) is 4.61. The Bertz CT molecular complexity index is 686. The number of fused-ring (bicyclic) bond motifs is 1. The van der Waals surface area contributed by atoms with Crippen LogP contribution in [-0.2, 0) is 11.2 Å². The Labute approximate surface area is 142 Å². The van der Waals surface area contributed by atoms with Crippen molar-refractivity contribution in [3.8, 4) is 0 Å². The number of rotatable bonds is 2. The number of hydrogen-bond acceptors (Lipinski definition) is 2. The first kappa shape index (κ1) is 14.6. The number of halogens is 3. The van der Waals surface area contributed by atoms with Crippen molar-refractivity contribution in [2.75, 3.05) is 5.32 Å². The molecule has 1 aliphatic rings. The van der Waals surface area contributed by atoms with E-state index in [4.69, 9.17) is 11.6 Å². The number of thiophene rings is 1. The second kappa shape index (κ2) is 5.79. The van der Waals surface area contributed by atoms with E-state index < -0.39 is 0 Å². The number of benzene rings is 1. The van der Waals surface area contributed by atoms with Crippen molar-refractivity contribution in [3.63, 3.8) is 0 Å². The number of carbonyl (C=O) groups is 1. The Hall–Kier alpha value is -0.360. The van der Waals surface area contributed by atoms with E-state index in [0.717, 1.165) is 36.4 Å². The van der Waals surface area contributed by atoms with Gasteiger partial charge in [0.2, 0.25) is 5.91 Å². The summed E-state index contributed by atoms with van der Waals surface area (Å²) >= 11 is 15.2. The lowest BCUT2D eigenvalue weighted by Crippen LogP contribution is -2.19. The molecule has 6 heteroatoms. The standard InChI is InChI=1S/C14H10Br2ClNOS/c15-11-6-9(14(16)20-11)13(17)8-1-3-10-7(5-8)2-4-12(19)18-10/h1,3,5-6,13H,2,4H2,(H,18,19). The van der Waals surface area contributed by atoms with Crippen LogP contribution in [0.2, 0.25) is 0 Å². The normalized spacial score (nSPS) is 15.7. The zero-order valence-corrected chi connectivity index (χ0v) is 15.0. The van der Waals surface area contributed by atoms with Crippen LogP contribution in [0.25, 0.3) is 0 Å². The molecule has 3 rings (SSSR count). The summed E-state index contributed by atoms with van der Waals surface area (Å²) < 4.78 is 2.09. The summed E-state index contributed by atoms with van der Waals surface area (Å²) in [5.74, 6) is 0.0807. The first-order valence-corrected chi connectivity index (χ1v) is 8.90. The van der Waals surface area contributed by atoms with Gasteiger partial charge in [0.1, 0.15) is 0 Å². The third-order valence-electron chi connectivity index (χ3n) is 3.27. The Morgan fingerprint density at radius 1 is 1.25 bits per heavy atom. The smallest absolute Gasteiger partial charge is 0.224 e. The van der Waals surface area contributed by atoms with Crippen LogP contribution in [0.15, 0.2) is 31.8 Å². The van der Waals surface area contributed by atoms with Gasteiger partial charge in [-0.25, -0.2) is 0 Å². The molecule has 0 saturated heterocycles. The summed E-state index contributed by atoms with van der Waals surface area (Å²) in [5, 5.41) is 2.69. The van der Waals surface area contributed by atoms with E-state index in [1.165, 1.54) is 0 Å². The van der Waals surface area contributed by atoms with Crippen LogP contribution >= 0.6 is 54.8 Å². The number of aryl methyl sites for hydroxylation is 1. The first-order chi connectivity index (χ1) is 9.54. The van der Waals surface area contributed by atoms with E-state index >= 15 is 0 Å². The molecule has 0 saturated carbocycles. The maximum atomic E-state index is 11.4. The van der Waals surface area contributed by atoms with E-state index in [-0.39, 0.29) is 11.3 Å². The number of alkyl halides is 1. The summed E-state index contributed by atoms with van der Waals surface area (Å²) in [6.07, 6.45) is 1.31. The van der Waals surface area contributed by atoms with Crippen LogP contribution in [-0.4, -0.2) is 5.91 Å². The Kier molecular flexibility index (Phi) is 4.22. The van der Waals surface area contributed by atoms with Crippen molar-refractivity contribution in [2.24, 2.45) is 0 Å². The van der Waals surface area contributed by atoms with E-state index in [2.05, 4.69) is 43.2 Å². The Morgan fingerprint density at radius 2 is 2.05 bits per heavy atom. The molecule has 0 fully saturated rings. The summed E-state index contributed by atoms with van der Waals surface area (Å²) in [5.41, 5.74) is 4.16. The largest absolute Gasteiger partial charge is 0.326 e. The third kappa shape index (κ3) is 2.82. The lowest BCUT2D eigenvalue weighted by atomic mass is 9.98. The summed E-state index contributed by atoms with van der Waals surface area (Å²) in [6, 6.07) is 8.03. The quantitative estimate of drug-likeness (QED) is 0.622. The maximum absolute atomic E-state index is 11.4. The van der Waals surface area contributed by atoms with Crippen molar-refractivity contribution >= 4 is 66.4 Å². The Balaban J connectivity index is 1.95. The molecule has 1 aromatic heterocycles. The molecule has 104 valence electrons. The van der Waals surface area contributed by atoms with Gasteiger partial charge in [-0.3, -0.25) is 4.79 Å². The SMILES string of the molecule is O=C1CCc2cc(C(Cl)c3cc(Br)sc3Br)ccc2N1. The summed E-state index contributed by atoms with van der Waals surface area (Å²) in [7, 11) is 0. The lowest BCUT2D eigenvalue weighted by Gasteiger charge is -2.19. The zero-order valence-electron chi connectivity index (χ0n) is 10.3. The van der Waals surface area contributed by atoms with E-state index in [1.54, 1.807) is 11.3 Å². The average molecular weight is 436 g/mol. The number of nitrogens with one attached hydrogen (secondary N) is 1. The van der Waals surface area contributed by atoms with E-state index in [0.29, 0.717) is 6.42 Å². The van der Waals surface area contributed by atoms with E-state index in [1.807, 2.05) is 18.2 Å². The van der Waals surface area contributed by atoms with Gasteiger partial charge in [-0.2, -0.15) is 0 Å². The van der Waals surface area contributed by atoms with Crippen LogP contribution < -0.4 is 5.32 Å². The number of amides is 1. The monoisotopic (exact) mass is 433 g/mol. The molecule has 2 aromatic rings. The minimum atomic E-state index is -0.199. The molecule has 2 heterocycles. The van der Waals surface area contributed by atoms with Gasteiger partial charge in [-0.1, -0.05) is 12.1 Å². The molecule has 1 atom stereocenters. The highest BCUT2D eigenvalue weighted by Crippen LogP contribution is 2.41. The molecule has 1 N–H and O–H groups in total. The van der Waals surface area contributed by atoms with Gasteiger partial charge in [0.25, 0.3) is 0 Å². The molecular weight excluding hydrogens is 425 g/mol. The molecular formula is C14H10Br2ClNOS. The number of anilines is 1. The van der Waals surface area contributed by atoms with Crippen molar-refractivity contribution < 1.29 is 4.79 Å². The Morgan fingerprint density at radius 3 is 2.75 bits per heavy atom. The van der Waals surface area contributed by atoms with Gasteiger partial charge in [0.05, 0.1) is 12.9 Å². The molecule has 1 amide bonds. The minimum absolute atomic E-state index is 0.0807. The molecule has 2 nitrogen and oxygen atoms in total. The van der Waals surface area contributed by atoms with Crippen molar-refractivity contribution in [2.45, 2.75) is 18.2 Å². The van der Waals surface area contributed by atoms with Gasteiger partial charge in [0, 0.05) is 17.7 Å². The fourth-order valence-electron chi connectivity index (χ4n) is 2.27. The first-order valence-electron chi connectivity index (χ1n) is 6.06. The molecule has 20 heavy (non-hydrogen) atoms. The van der Waals surface area contributed by atoms with Gasteiger partial charge in [-0.15, -0.1) is 22.9 Å². The average Bonchev–Trinajstić information content (AvgIpc) is 2.76. The highest BCUT2D eigenvalue weighted by molar-refractivity contribution is 9.12. The molecule has 1 aliphatic heterocycles. The number of hydrogen-bond donors (Lipinski definition) is 1. The third-order valence-corrected chi connectivity index (χ3v) is 6.15. The topological polar surface area (TPSA) is 29.1 Å². The molecule has 0 radical (unpaired) electrons. The lowest BCUT2D eigenvalue weighted by molar-refractivity contribution is -0.116. The summed E-state index contributed by atoms with van der Waals surface area (Å²) in [4.78, 5) is 11.4. The predicted octanol–water partition coefficient (Wildman–Crippen LogP) is 5.49. The molecule has 0 aliphatic carbocycles. The van der Waals surface area contributed by atoms with Crippen molar-refractivity contribution in [1.82, 2.24) is 0 Å². The molecule has 0 spiro atoms. The number of carbonyl (C=O) groups excluding carboxylic acids is 1. The van der Waals surface area contributed by atoms with Crippen molar-refractivity contribution in [1.29, 1.82) is 0 Å². The van der Waals surface area contributed by atoms with Crippen LogP contribution in [0, 0.1) is 0 Å². The van der Waals surface area contributed by atoms with Gasteiger partial charge >= 0.3 is 0 Å². The van der Waals surface area contributed by atoms with Crippen LogP contribution in [0.3, 0.4) is 0 Å². The molecule has 1 unspecified atom stereocenters. The van der Waals surface area contributed by atoms with Crippen molar-refractivity contribution in [3.05, 3.63) is 48.5 Å². The zero-order chi connectivity index (χ0) is 14.3.